The molecule has 2 nitrogen and oxygen atoms in total. The third-order valence-corrected chi connectivity index (χ3v) is 3.39. The lowest BCUT2D eigenvalue weighted by molar-refractivity contribution is -0.274. The highest BCUT2D eigenvalue weighted by molar-refractivity contribution is 5.60. The van der Waals surface area contributed by atoms with Crippen LogP contribution in [0.5, 0.6) is 5.75 Å². The number of benzene rings is 1. The van der Waals surface area contributed by atoms with Crippen LogP contribution in [0.15, 0.2) is 18.2 Å². The summed E-state index contributed by atoms with van der Waals surface area (Å²) >= 11 is 0. The van der Waals surface area contributed by atoms with Crippen molar-refractivity contribution in [3.8, 4) is 5.75 Å². The van der Waals surface area contributed by atoms with Crippen LogP contribution in [0, 0.1) is 0 Å². The van der Waals surface area contributed by atoms with Crippen molar-refractivity contribution in [1.82, 2.24) is 0 Å². The molecule has 0 amide bonds. The maximum absolute atomic E-state index is 12.2. The van der Waals surface area contributed by atoms with Gasteiger partial charge in [0.2, 0.25) is 0 Å². The zero-order valence-electron chi connectivity index (χ0n) is 10.9. The van der Waals surface area contributed by atoms with Gasteiger partial charge in [-0.25, -0.2) is 0 Å². The van der Waals surface area contributed by atoms with Crippen molar-refractivity contribution in [3.63, 3.8) is 0 Å². The molecule has 5 heteroatoms. The predicted octanol–water partition coefficient (Wildman–Crippen LogP) is 4.67. The van der Waals surface area contributed by atoms with Crippen LogP contribution in [-0.2, 0) is 0 Å². The van der Waals surface area contributed by atoms with Gasteiger partial charge in [0.05, 0.1) is 0 Å². The molecule has 0 aliphatic carbocycles. The number of hydrogen-bond acceptors (Lipinski definition) is 2. The first kappa shape index (κ1) is 14.0. The summed E-state index contributed by atoms with van der Waals surface area (Å²) in [6.45, 7) is 2.94. The van der Waals surface area contributed by atoms with Gasteiger partial charge in [0.15, 0.2) is 0 Å². The van der Waals surface area contributed by atoms with Crippen LogP contribution < -0.4 is 10.1 Å². The standard InChI is InChI=1S/C14H18F3NO/c1-2-3-4-5-10-9-18-13-7-6-11(8-12(10)13)19-14(15,16)17/h6-8,10,18H,2-5,9H2,1H3. The normalized spacial score (nSPS) is 18.0. The minimum Gasteiger partial charge on any atom is -0.406 e. The molecule has 1 aromatic rings. The van der Waals surface area contributed by atoms with E-state index in [4.69, 9.17) is 0 Å². The summed E-state index contributed by atoms with van der Waals surface area (Å²) in [5, 5.41) is 3.23. The number of anilines is 1. The Morgan fingerprint density at radius 3 is 2.79 bits per heavy atom. The Kier molecular flexibility index (Phi) is 4.22. The van der Waals surface area contributed by atoms with Crippen molar-refractivity contribution in [2.75, 3.05) is 11.9 Å². The lowest BCUT2D eigenvalue weighted by Crippen LogP contribution is -2.17. The fraction of sp³-hybridized carbons (Fsp3) is 0.571. The summed E-state index contributed by atoms with van der Waals surface area (Å²) in [4.78, 5) is 0. The molecular formula is C14H18F3NO. The molecule has 0 saturated carbocycles. The topological polar surface area (TPSA) is 21.3 Å². The zero-order chi connectivity index (χ0) is 13.9. The third-order valence-electron chi connectivity index (χ3n) is 3.39. The van der Waals surface area contributed by atoms with Gasteiger partial charge in [0, 0.05) is 18.2 Å². The van der Waals surface area contributed by atoms with Crippen LogP contribution >= 0.6 is 0 Å². The minimum atomic E-state index is -4.63. The van der Waals surface area contributed by atoms with E-state index in [-0.39, 0.29) is 5.75 Å². The Balaban J connectivity index is 2.07. The lowest BCUT2D eigenvalue weighted by atomic mass is 9.95. The highest BCUT2D eigenvalue weighted by Gasteiger charge is 2.32. The van der Waals surface area contributed by atoms with Crippen molar-refractivity contribution >= 4 is 5.69 Å². The third kappa shape index (κ3) is 3.78. The van der Waals surface area contributed by atoms with Crippen molar-refractivity contribution in [2.45, 2.75) is 44.9 Å². The Bertz CT molecular complexity index is 431. The van der Waals surface area contributed by atoms with Gasteiger partial charge in [-0.2, -0.15) is 0 Å². The number of rotatable bonds is 5. The molecule has 0 saturated heterocycles. The highest BCUT2D eigenvalue weighted by atomic mass is 19.4. The van der Waals surface area contributed by atoms with E-state index >= 15 is 0 Å². The van der Waals surface area contributed by atoms with Gasteiger partial charge in [0.1, 0.15) is 5.75 Å². The second-order valence-electron chi connectivity index (χ2n) is 4.87. The number of unbranched alkanes of at least 4 members (excludes halogenated alkanes) is 2. The molecule has 1 unspecified atom stereocenters. The molecule has 106 valence electrons. The Morgan fingerprint density at radius 1 is 1.32 bits per heavy atom. The number of nitrogens with one attached hydrogen (secondary N) is 1. The fourth-order valence-corrected chi connectivity index (χ4v) is 2.48. The first-order valence-electron chi connectivity index (χ1n) is 6.63. The summed E-state index contributed by atoms with van der Waals surface area (Å²) < 4.78 is 40.6. The van der Waals surface area contributed by atoms with E-state index in [2.05, 4.69) is 17.0 Å². The summed E-state index contributed by atoms with van der Waals surface area (Å²) in [5.74, 6) is 0.161. The average Bonchev–Trinajstić information content (AvgIpc) is 2.70. The van der Waals surface area contributed by atoms with Crippen LogP contribution in [0.3, 0.4) is 0 Å². The van der Waals surface area contributed by atoms with Crippen molar-refractivity contribution < 1.29 is 17.9 Å². The lowest BCUT2D eigenvalue weighted by Gasteiger charge is -2.13. The molecule has 0 aromatic heterocycles. The summed E-state index contributed by atoms with van der Waals surface area (Å²) in [6, 6.07) is 4.53. The van der Waals surface area contributed by atoms with E-state index in [1.807, 2.05) is 0 Å². The van der Waals surface area contributed by atoms with Gasteiger partial charge in [-0.3, -0.25) is 0 Å². The molecule has 1 heterocycles. The van der Waals surface area contributed by atoms with Gasteiger partial charge >= 0.3 is 6.36 Å². The second-order valence-corrected chi connectivity index (χ2v) is 4.87. The van der Waals surface area contributed by atoms with Gasteiger partial charge in [-0.15, -0.1) is 13.2 Å². The number of hydrogen-bond donors (Lipinski definition) is 1. The molecule has 1 aliphatic rings. The highest BCUT2D eigenvalue weighted by Crippen LogP contribution is 2.38. The van der Waals surface area contributed by atoms with E-state index < -0.39 is 6.36 Å². The van der Waals surface area contributed by atoms with E-state index in [0.29, 0.717) is 5.92 Å². The molecule has 1 N–H and O–H groups in total. The van der Waals surface area contributed by atoms with E-state index in [9.17, 15) is 13.2 Å². The first-order chi connectivity index (χ1) is 8.99. The molecule has 2 rings (SSSR count). The molecule has 1 atom stereocenters. The van der Waals surface area contributed by atoms with Crippen LogP contribution in [0.25, 0.3) is 0 Å². The van der Waals surface area contributed by atoms with Gasteiger partial charge < -0.3 is 10.1 Å². The SMILES string of the molecule is CCCCCC1CNc2ccc(OC(F)(F)F)cc21. The number of fused-ring (bicyclic) bond motifs is 1. The molecule has 0 radical (unpaired) electrons. The van der Waals surface area contributed by atoms with Crippen LogP contribution in [-0.4, -0.2) is 12.9 Å². The minimum absolute atomic E-state index is 0.129. The first-order valence-corrected chi connectivity index (χ1v) is 6.63. The van der Waals surface area contributed by atoms with E-state index in [0.717, 1.165) is 43.5 Å². The van der Waals surface area contributed by atoms with Crippen LogP contribution in [0.4, 0.5) is 18.9 Å². The number of alkyl halides is 3. The molecule has 1 aromatic carbocycles. The molecule has 0 spiro atoms. The zero-order valence-corrected chi connectivity index (χ0v) is 10.9. The molecule has 19 heavy (non-hydrogen) atoms. The maximum atomic E-state index is 12.2. The van der Waals surface area contributed by atoms with E-state index in [1.165, 1.54) is 12.1 Å². The Labute approximate surface area is 111 Å². The average molecular weight is 273 g/mol. The molecule has 1 aliphatic heterocycles. The number of ether oxygens (including phenoxy) is 1. The van der Waals surface area contributed by atoms with Crippen LogP contribution in [0.1, 0.15) is 44.1 Å². The van der Waals surface area contributed by atoms with Crippen molar-refractivity contribution in [3.05, 3.63) is 23.8 Å². The van der Waals surface area contributed by atoms with Crippen LogP contribution in [0.2, 0.25) is 0 Å². The monoisotopic (exact) mass is 273 g/mol. The quantitative estimate of drug-likeness (QED) is 0.787. The molecule has 0 bridgehead atoms. The predicted molar refractivity (Wildman–Crippen MR) is 68.5 cm³/mol. The van der Waals surface area contributed by atoms with Crippen molar-refractivity contribution in [2.24, 2.45) is 0 Å². The summed E-state index contributed by atoms with van der Waals surface area (Å²) in [7, 11) is 0. The fourth-order valence-electron chi connectivity index (χ4n) is 2.48. The molecular weight excluding hydrogens is 255 g/mol. The largest absolute Gasteiger partial charge is 0.573 e. The smallest absolute Gasteiger partial charge is 0.406 e. The Hall–Kier alpha value is -1.39. The summed E-state index contributed by atoms with van der Waals surface area (Å²) in [6.07, 6.45) is -0.220. The number of halogens is 3. The van der Waals surface area contributed by atoms with Gasteiger partial charge in [0.25, 0.3) is 0 Å². The second kappa shape index (κ2) is 5.72. The van der Waals surface area contributed by atoms with E-state index in [1.54, 1.807) is 6.07 Å². The molecule has 0 fully saturated rings. The van der Waals surface area contributed by atoms with Gasteiger partial charge in [-0.05, 0) is 30.2 Å². The van der Waals surface area contributed by atoms with Crippen molar-refractivity contribution in [1.29, 1.82) is 0 Å². The summed E-state index contributed by atoms with van der Waals surface area (Å²) in [5.41, 5.74) is 1.87. The Morgan fingerprint density at radius 2 is 2.11 bits per heavy atom. The van der Waals surface area contributed by atoms with Gasteiger partial charge in [-0.1, -0.05) is 26.2 Å². The maximum Gasteiger partial charge on any atom is 0.573 e.